The minimum Gasteiger partial charge on any atom is -0.394 e. The van der Waals surface area contributed by atoms with E-state index < -0.39 is 68.0 Å². The first-order valence-electron chi connectivity index (χ1n) is 15.2. The summed E-state index contributed by atoms with van der Waals surface area (Å²) in [5.74, 6) is 0. The zero-order valence-electron chi connectivity index (χ0n) is 25.2. The van der Waals surface area contributed by atoms with Crippen molar-refractivity contribution in [3.8, 4) is 0 Å². The van der Waals surface area contributed by atoms with Crippen LogP contribution in [0.25, 0.3) is 0 Å². The summed E-state index contributed by atoms with van der Waals surface area (Å²) in [6.45, 7) is -0.291. The molecule has 3 aromatic carbocycles. The van der Waals surface area contributed by atoms with Gasteiger partial charge in [0.25, 0.3) is 0 Å². The molecule has 2 heterocycles. The third-order valence-electron chi connectivity index (χ3n) is 8.05. The number of rotatable bonds is 14. The molecule has 12 heteroatoms. The molecule has 3 aromatic rings. The van der Waals surface area contributed by atoms with Crippen molar-refractivity contribution in [1.82, 2.24) is 0 Å². The largest absolute Gasteiger partial charge is 0.394 e. The maximum Gasteiger partial charge on any atom is 0.187 e. The number of aliphatic hydroxyl groups is 6. The van der Waals surface area contributed by atoms with Crippen molar-refractivity contribution in [2.75, 3.05) is 13.2 Å². The summed E-state index contributed by atoms with van der Waals surface area (Å²) in [7, 11) is 0. The predicted octanol–water partition coefficient (Wildman–Crippen LogP) is 0.769. The van der Waals surface area contributed by atoms with E-state index in [0.717, 1.165) is 22.3 Å². The van der Waals surface area contributed by atoms with Crippen LogP contribution in [0.15, 0.2) is 84.9 Å². The van der Waals surface area contributed by atoms with Crippen LogP contribution in [0.1, 0.15) is 22.3 Å². The van der Waals surface area contributed by atoms with Crippen LogP contribution in [-0.4, -0.2) is 105 Å². The van der Waals surface area contributed by atoms with Gasteiger partial charge >= 0.3 is 0 Å². The lowest BCUT2D eigenvalue weighted by molar-refractivity contribution is -0.366. The first-order chi connectivity index (χ1) is 22.4. The summed E-state index contributed by atoms with van der Waals surface area (Å²) < 4.78 is 36.4. The molecular weight excluding hydrogens is 600 g/mol. The Morgan fingerprint density at radius 3 is 1.72 bits per heavy atom. The van der Waals surface area contributed by atoms with E-state index in [2.05, 4.69) is 0 Å². The number of benzene rings is 3. The molecular formula is C34H42O12. The highest BCUT2D eigenvalue weighted by Gasteiger charge is 2.52. The third-order valence-corrected chi connectivity index (χ3v) is 8.05. The third kappa shape index (κ3) is 8.75. The Balaban J connectivity index is 1.39. The molecule has 0 amide bonds. The Morgan fingerprint density at radius 2 is 1.09 bits per heavy atom. The van der Waals surface area contributed by atoms with Gasteiger partial charge in [-0.15, -0.1) is 0 Å². The molecule has 10 atom stereocenters. The van der Waals surface area contributed by atoms with E-state index in [4.69, 9.17) is 28.4 Å². The number of hydrogen-bond donors (Lipinski definition) is 6. The van der Waals surface area contributed by atoms with Gasteiger partial charge < -0.3 is 59.1 Å². The van der Waals surface area contributed by atoms with Gasteiger partial charge in [-0.1, -0.05) is 84.9 Å². The topological polar surface area (TPSA) is 177 Å². The molecule has 0 aliphatic carbocycles. The van der Waals surface area contributed by atoms with Crippen LogP contribution in [-0.2, 0) is 54.8 Å². The molecule has 0 saturated carbocycles. The maximum absolute atomic E-state index is 11.6. The molecule has 0 spiro atoms. The monoisotopic (exact) mass is 642 g/mol. The molecule has 2 fully saturated rings. The lowest BCUT2D eigenvalue weighted by Crippen LogP contribution is -2.65. The van der Waals surface area contributed by atoms with Gasteiger partial charge in [-0.2, -0.15) is 0 Å². The van der Waals surface area contributed by atoms with Crippen LogP contribution >= 0.6 is 0 Å². The minimum atomic E-state index is -1.71. The molecule has 6 N–H and O–H groups in total. The molecule has 0 bridgehead atoms. The fourth-order valence-electron chi connectivity index (χ4n) is 5.41. The zero-order chi connectivity index (χ0) is 32.5. The van der Waals surface area contributed by atoms with Crippen molar-refractivity contribution in [3.63, 3.8) is 0 Å². The second-order valence-electron chi connectivity index (χ2n) is 11.4. The fourth-order valence-corrected chi connectivity index (χ4v) is 5.41. The number of ether oxygens (including phenoxy) is 6. The first kappa shape index (κ1) is 34.5. The molecule has 0 aromatic heterocycles. The van der Waals surface area contributed by atoms with Crippen LogP contribution in [0, 0.1) is 0 Å². The predicted molar refractivity (Wildman–Crippen MR) is 162 cm³/mol. The van der Waals surface area contributed by atoms with Gasteiger partial charge in [0.1, 0.15) is 48.8 Å². The van der Waals surface area contributed by atoms with E-state index in [1.807, 2.05) is 60.7 Å². The molecule has 0 unspecified atom stereocenters. The Kier molecular flexibility index (Phi) is 12.6. The van der Waals surface area contributed by atoms with Gasteiger partial charge in [0.15, 0.2) is 12.6 Å². The van der Waals surface area contributed by atoms with E-state index in [1.165, 1.54) is 0 Å². The van der Waals surface area contributed by atoms with Crippen molar-refractivity contribution in [2.45, 2.75) is 87.8 Å². The van der Waals surface area contributed by atoms with Gasteiger partial charge in [-0.05, 0) is 22.3 Å². The molecule has 46 heavy (non-hydrogen) atoms. The van der Waals surface area contributed by atoms with Crippen molar-refractivity contribution < 1.29 is 59.1 Å². The highest BCUT2D eigenvalue weighted by molar-refractivity contribution is 5.21. The molecule has 250 valence electrons. The highest BCUT2D eigenvalue weighted by atomic mass is 16.7. The van der Waals surface area contributed by atoms with Gasteiger partial charge in [-0.25, -0.2) is 0 Å². The Morgan fingerprint density at radius 1 is 0.522 bits per heavy atom. The van der Waals surface area contributed by atoms with E-state index >= 15 is 0 Å². The van der Waals surface area contributed by atoms with E-state index in [1.54, 1.807) is 24.3 Å². The summed E-state index contributed by atoms with van der Waals surface area (Å²) in [5, 5.41) is 62.1. The van der Waals surface area contributed by atoms with E-state index in [-0.39, 0.29) is 33.0 Å². The molecule has 5 rings (SSSR count). The normalized spacial score (nSPS) is 31.5. The molecule has 0 radical (unpaired) electrons. The second-order valence-corrected chi connectivity index (χ2v) is 11.4. The number of aliphatic hydroxyl groups excluding tert-OH is 6. The average Bonchev–Trinajstić information content (AvgIpc) is 3.09. The summed E-state index contributed by atoms with van der Waals surface area (Å²) in [5.41, 5.74) is 3.28. The molecule has 2 aliphatic heterocycles. The summed E-state index contributed by atoms with van der Waals surface area (Å²) >= 11 is 0. The summed E-state index contributed by atoms with van der Waals surface area (Å²) in [4.78, 5) is 0. The average molecular weight is 643 g/mol. The molecule has 2 saturated heterocycles. The Labute approximate surface area is 267 Å². The van der Waals surface area contributed by atoms with Gasteiger partial charge in [-0.3, -0.25) is 0 Å². The second kappa shape index (κ2) is 16.8. The van der Waals surface area contributed by atoms with E-state index in [9.17, 15) is 30.6 Å². The van der Waals surface area contributed by atoms with Crippen molar-refractivity contribution in [1.29, 1.82) is 0 Å². The van der Waals surface area contributed by atoms with Gasteiger partial charge in [0.05, 0.1) is 39.6 Å². The van der Waals surface area contributed by atoms with Gasteiger partial charge in [0.2, 0.25) is 0 Å². The lowest BCUT2D eigenvalue weighted by Gasteiger charge is -2.47. The van der Waals surface area contributed by atoms with Crippen LogP contribution in [0.2, 0.25) is 0 Å². The SMILES string of the molecule is OCc1ccc(CO[C@@H]2O[C@H](COCc3ccccc3)[C@@H](OCc3ccccc3)[C@H](O[C@@H]3O[C@H](CO)[C@@H](O)[C@H](O)[C@H]3O)[C@H]2O)cc1. The van der Waals surface area contributed by atoms with Crippen LogP contribution in [0.3, 0.4) is 0 Å². The zero-order valence-corrected chi connectivity index (χ0v) is 25.2. The summed E-state index contributed by atoms with van der Waals surface area (Å²) in [6.07, 6.45) is -13.5. The smallest absolute Gasteiger partial charge is 0.187 e. The Hall–Kier alpha value is -2.82. The van der Waals surface area contributed by atoms with Crippen molar-refractivity contribution >= 4 is 0 Å². The van der Waals surface area contributed by atoms with Crippen molar-refractivity contribution in [2.24, 2.45) is 0 Å². The standard InChI is InChI=1S/C34H42O12/c35-15-21-11-13-24(14-12-21)19-43-33-30(40)32(46-34-29(39)28(38)27(37)25(16-36)44-34)31(42-18-23-9-5-2-6-10-23)26(45-33)20-41-17-22-7-3-1-4-8-22/h1-14,25-40H,15-20H2/t25-,26-,27-,28+,29-,30-,31-,32-,33-,34+/m1/s1. The van der Waals surface area contributed by atoms with Crippen LogP contribution < -0.4 is 0 Å². The van der Waals surface area contributed by atoms with Crippen LogP contribution in [0.5, 0.6) is 0 Å². The molecule has 2 aliphatic rings. The minimum absolute atomic E-state index is 0.0146. The highest BCUT2D eigenvalue weighted by Crippen LogP contribution is 2.32. The Bertz CT molecular complexity index is 1290. The quantitative estimate of drug-likeness (QED) is 0.146. The van der Waals surface area contributed by atoms with E-state index in [0.29, 0.717) is 0 Å². The first-order valence-corrected chi connectivity index (χ1v) is 15.2. The molecule has 12 nitrogen and oxygen atoms in total. The van der Waals surface area contributed by atoms with Crippen molar-refractivity contribution in [3.05, 3.63) is 107 Å². The van der Waals surface area contributed by atoms with Crippen LogP contribution in [0.4, 0.5) is 0 Å². The van der Waals surface area contributed by atoms with Gasteiger partial charge in [0, 0.05) is 0 Å². The lowest BCUT2D eigenvalue weighted by atomic mass is 9.96. The fraction of sp³-hybridized carbons (Fsp3) is 0.471. The number of hydrogen-bond acceptors (Lipinski definition) is 12. The maximum atomic E-state index is 11.6. The summed E-state index contributed by atoms with van der Waals surface area (Å²) in [6, 6.07) is 26.0.